The van der Waals surface area contributed by atoms with Crippen molar-refractivity contribution in [2.45, 2.75) is 84.6 Å². The van der Waals surface area contributed by atoms with Gasteiger partial charge in [0.25, 0.3) is 5.56 Å². The van der Waals surface area contributed by atoms with Gasteiger partial charge in [-0.2, -0.15) is 0 Å². The van der Waals surface area contributed by atoms with Crippen LogP contribution in [0.25, 0.3) is 10.9 Å². The number of nitrogens with zero attached hydrogens (tertiary/aromatic N) is 3. The van der Waals surface area contributed by atoms with Gasteiger partial charge in [0, 0.05) is 19.6 Å². The summed E-state index contributed by atoms with van der Waals surface area (Å²) < 4.78 is 13.0. The molecule has 3 atom stereocenters. The van der Waals surface area contributed by atoms with Crippen LogP contribution in [0.15, 0.2) is 47.3 Å². The number of Topliss-reactive ketones (excluding diaryl/α,β-unsaturated/α-hetero) is 1. The van der Waals surface area contributed by atoms with Crippen LogP contribution in [-0.4, -0.2) is 48.0 Å². The summed E-state index contributed by atoms with van der Waals surface area (Å²) in [6.45, 7) is 12.0. The molecule has 0 unspecified atom stereocenters. The molecule has 42 heavy (non-hydrogen) atoms. The van der Waals surface area contributed by atoms with Crippen LogP contribution in [0.1, 0.15) is 61.4 Å². The first-order chi connectivity index (χ1) is 20.1. The van der Waals surface area contributed by atoms with E-state index in [4.69, 9.17) is 9.47 Å². The van der Waals surface area contributed by atoms with Crippen LogP contribution in [0.4, 0.5) is 0 Å². The second-order valence-electron chi connectivity index (χ2n) is 12.8. The van der Waals surface area contributed by atoms with Crippen LogP contribution < -0.4 is 10.3 Å². The molecule has 226 valence electrons. The highest BCUT2D eigenvalue weighted by molar-refractivity contribution is 6.76. The first-order valence-electron chi connectivity index (χ1n) is 15.4. The molecule has 1 aromatic heterocycles. The number of ketones is 1. The highest BCUT2D eigenvalue weighted by Gasteiger charge is 2.46. The molecule has 0 aliphatic heterocycles. The quantitative estimate of drug-likeness (QED) is 0.0917. The average Bonchev–Trinajstić information content (AvgIpc) is 3.37. The Morgan fingerprint density at radius 2 is 1.76 bits per heavy atom. The fraction of sp³-hybridized carbons (Fsp3) is 0.545. The van der Waals surface area contributed by atoms with Gasteiger partial charge in [0.05, 0.1) is 31.1 Å². The molecule has 1 heterocycles. The lowest BCUT2D eigenvalue weighted by atomic mass is 9.84. The van der Waals surface area contributed by atoms with Gasteiger partial charge in [0.1, 0.15) is 11.3 Å². The minimum atomic E-state index is -1.41. The Kier molecular flexibility index (Phi) is 10.7. The van der Waals surface area contributed by atoms with Gasteiger partial charge in [-0.25, -0.2) is 4.68 Å². The number of fused-ring (bicyclic) bond motifs is 1. The first kappa shape index (κ1) is 31.6. The predicted octanol–water partition coefficient (Wildman–Crippen LogP) is 6.47. The number of hydrogen-bond donors (Lipinski definition) is 0. The molecule has 0 bridgehead atoms. The van der Waals surface area contributed by atoms with Crippen molar-refractivity contribution >= 4 is 30.7 Å². The molecular weight excluding hydrogens is 546 g/mol. The molecule has 1 aliphatic carbocycles. The second kappa shape index (κ2) is 14.2. The lowest BCUT2D eigenvalue weighted by molar-refractivity contribution is -0.150. The molecule has 4 rings (SSSR count). The van der Waals surface area contributed by atoms with Crippen LogP contribution >= 0.6 is 0 Å². The summed E-state index contributed by atoms with van der Waals surface area (Å²) >= 11 is 0. The molecule has 1 saturated carbocycles. The highest BCUT2D eigenvalue weighted by atomic mass is 28.3. The zero-order valence-corrected chi connectivity index (χ0v) is 26.7. The summed E-state index contributed by atoms with van der Waals surface area (Å²) in [6.07, 6.45) is 5.68. The maximum Gasteiger partial charge on any atom is 0.310 e. The van der Waals surface area contributed by atoms with Crippen LogP contribution in [0, 0.1) is 24.7 Å². The number of unbranched alkanes of at least 4 members (excludes halogenated alkanes) is 3. The Bertz CT molecular complexity index is 1430. The largest absolute Gasteiger partial charge is 0.494 e. The third-order valence-corrected chi connectivity index (χ3v) is 9.89. The van der Waals surface area contributed by atoms with Crippen LogP contribution in [-0.2, 0) is 16.1 Å². The van der Waals surface area contributed by atoms with Crippen molar-refractivity contribution in [2.24, 2.45) is 17.8 Å². The predicted molar refractivity (Wildman–Crippen MR) is 168 cm³/mol. The molecule has 1 aliphatic rings. The van der Waals surface area contributed by atoms with Crippen molar-refractivity contribution in [1.82, 2.24) is 15.0 Å². The summed E-state index contributed by atoms with van der Waals surface area (Å²) in [4.78, 5) is 40.6. The van der Waals surface area contributed by atoms with Crippen molar-refractivity contribution in [3.8, 4) is 5.75 Å². The van der Waals surface area contributed by atoms with E-state index in [0.29, 0.717) is 42.5 Å². The minimum absolute atomic E-state index is 0.0771. The van der Waals surface area contributed by atoms with Gasteiger partial charge < -0.3 is 9.47 Å². The third kappa shape index (κ3) is 8.15. The number of hydrogen-bond acceptors (Lipinski definition) is 7. The number of aryl methyl sites for hydroxylation is 1. The zero-order valence-electron chi connectivity index (χ0n) is 25.7. The van der Waals surface area contributed by atoms with E-state index >= 15 is 0 Å². The average molecular weight is 592 g/mol. The molecule has 0 radical (unpaired) electrons. The Hall–Kier alpha value is -3.33. The summed E-state index contributed by atoms with van der Waals surface area (Å²) in [5.74, 6) is -1.15. The number of aromatic nitrogens is 3. The number of rotatable bonds is 14. The molecule has 9 heteroatoms. The van der Waals surface area contributed by atoms with Gasteiger partial charge in [-0.05, 0) is 74.5 Å². The van der Waals surface area contributed by atoms with E-state index in [9.17, 15) is 14.4 Å². The van der Waals surface area contributed by atoms with E-state index in [1.807, 2.05) is 31.2 Å². The Morgan fingerprint density at radius 1 is 1.00 bits per heavy atom. The fourth-order valence-corrected chi connectivity index (χ4v) is 6.39. The Balaban J connectivity index is 1.52. The van der Waals surface area contributed by atoms with Crippen LogP contribution in [0.2, 0.25) is 25.7 Å². The lowest BCUT2D eigenvalue weighted by Crippen LogP contribution is -2.36. The Labute approximate surface area is 249 Å². The maximum absolute atomic E-state index is 13.8. The Morgan fingerprint density at radius 3 is 2.48 bits per heavy atom. The molecule has 8 nitrogen and oxygen atoms in total. The van der Waals surface area contributed by atoms with Gasteiger partial charge in [-0.1, -0.05) is 62.7 Å². The van der Waals surface area contributed by atoms with Gasteiger partial charge in [0.15, 0.2) is 5.78 Å². The number of esters is 1. The van der Waals surface area contributed by atoms with E-state index in [2.05, 4.69) is 36.9 Å². The van der Waals surface area contributed by atoms with E-state index in [0.717, 1.165) is 30.2 Å². The van der Waals surface area contributed by atoms with Crippen LogP contribution in [0.3, 0.4) is 0 Å². The van der Waals surface area contributed by atoms with E-state index in [1.54, 1.807) is 18.2 Å². The molecule has 2 aromatic carbocycles. The SMILES string of the molecule is CCCCCCOc1ccc(C(=O)[C@H]2CC[C@@H](Cn3nnc4ccc(C)cc4c3=O)[C@@H]2C(=O)OCC[Si](C)(C)C)cc1. The molecule has 0 saturated heterocycles. The smallest absolute Gasteiger partial charge is 0.310 e. The normalized spacial score (nSPS) is 18.7. The summed E-state index contributed by atoms with van der Waals surface area (Å²) in [5, 5.41) is 8.91. The standard InChI is InChI=1S/C33H45N3O5Si/c1-6-7-8-9-18-40-26-14-11-24(12-15-26)31(37)27-16-13-25(30(27)33(39)41-19-20-42(3,4)5)22-36-32(38)28-21-23(2)10-17-29(28)34-35-36/h10-12,14-15,17,21,25,27,30H,6-9,13,16,18-20,22H2,1-5H3/t25-,27-,30-/m0/s1. The van der Waals surface area contributed by atoms with E-state index < -0.39 is 19.9 Å². The number of carbonyl (C=O) groups is 2. The number of benzene rings is 2. The fourth-order valence-electron chi connectivity index (χ4n) is 5.67. The number of carbonyl (C=O) groups excluding carboxylic acids is 2. The van der Waals surface area contributed by atoms with Crippen molar-refractivity contribution in [1.29, 1.82) is 0 Å². The topological polar surface area (TPSA) is 100 Å². The lowest BCUT2D eigenvalue weighted by Gasteiger charge is -2.24. The molecule has 0 spiro atoms. The monoisotopic (exact) mass is 591 g/mol. The molecule has 3 aromatic rings. The van der Waals surface area contributed by atoms with Crippen molar-refractivity contribution in [3.05, 3.63) is 63.9 Å². The van der Waals surface area contributed by atoms with Crippen LogP contribution in [0.5, 0.6) is 5.75 Å². The number of ether oxygens (including phenoxy) is 2. The molecular formula is C33H45N3O5Si. The second-order valence-corrected chi connectivity index (χ2v) is 18.5. The van der Waals surface area contributed by atoms with Gasteiger partial charge in [0.2, 0.25) is 0 Å². The summed E-state index contributed by atoms with van der Waals surface area (Å²) in [6, 6.07) is 13.6. The van der Waals surface area contributed by atoms with Gasteiger partial charge >= 0.3 is 5.97 Å². The van der Waals surface area contributed by atoms with E-state index in [1.165, 1.54) is 17.5 Å². The first-order valence-corrected chi connectivity index (χ1v) is 19.1. The maximum atomic E-state index is 13.8. The third-order valence-electron chi connectivity index (χ3n) is 8.19. The van der Waals surface area contributed by atoms with Crippen molar-refractivity contribution in [2.75, 3.05) is 13.2 Å². The summed E-state index contributed by atoms with van der Waals surface area (Å²) in [5.41, 5.74) is 1.81. The highest BCUT2D eigenvalue weighted by Crippen LogP contribution is 2.41. The summed E-state index contributed by atoms with van der Waals surface area (Å²) in [7, 11) is -1.41. The molecule has 1 fully saturated rings. The van der Waals surface area contributed by atoms with Gasteiger partial charge in [-0.15, -0.1) is 5.10 Å². The van der Waals surface area contributed by atoms with Crippen molar-refractivity contribution in [3.63, 3.8) is 0 Å². The minimum Gasteiger partial charge on any atom is -0.494 e. The molecule has 0 amide bonds. The molecule has 0 N–H and O–H groups in total. The zero-order chi connectivity index (χ0) is 30.3. The van der Waals surface area contributed by atoms with Crippen molar-refractivity contribution < 1.29 is 19.1 Å². The van der Waals surface area contributed by atoms with Gasteiger partial charge in [-0.3, -0.25) is 14.4 Å². The van der Waals surface area contributed by atoms with E-state index in [-0.39, 0.29) is 29.8 Å².